The number of nitrogens with zero attached hydrogens (tertiary/aromatic N) is 1. The Morgan fingerprint density at radius 1 is 1.00 bits per heavy atom. The van der Waals surface area contributed by atoms with Crippen molar-refractivity contribution in [1.29, 1.82) is 0 Å². The third-order valence-corrected chi connectivity index (χ3v) is 2.60. The van der Waals surface area contributed by atoms with Crippen LogP contribution >= 0.6 is 0 Å². The maximum atomic E-state index is 9.35. The molecular weight excluding hydrogens is 226 g/mol. The predicted octanol–water partition coefficient (Wildman–Crippen LogP) is 3.70. The number of fused-ring (bicyclic) bond motifs is 1. The van der Waals surface area contributed by atoms with Crippen molar-refractivity contribution in [2.75, 3.05) is 0 Å². The highest BCUT2D eigenvalue weighted by Gasteiger charge is 2.00. The number of hydrogen-bond acceptors (Lipinski definition) is 3. The maximum Gasteiger partial charge on any atom is 0.220 e. The van der Waals surface area contributed by atoms with Gasteiger partial charge in [-0.15, -0.1) is 0 Å². The molecule has 0 aliphatic carbocycles. The molecule has 0 radical (unpaired) electrons. The molecule has 3 rings (SSSR count). The van der Waals surface area contributed by atoms with Gasteiger partial charge in [-0.25, -0.2) is 4.98 Å². The summed E-state index contributed by atoms with van der Waals surface area (Å²) >= 11 is 0. The molecule has 2 aromatic carbocycles. The number of hydrogen-bond donors (Lipinski definition) is 1. The fraction of sp³-hybridized carbons (Fsp3) is 0. The van der Waals surface area contributed by atoms with Crippen molar-refractivity contribution >= 4 is 23.3 Å². The van der Waals surface area contributed by atoms with E-state index in [0.717, 1.165) is 16.7 Å². The number of phenols is 1. The largest absolute Gasteiger partial charge is 0.508 e. The fourth-order valence-corrected chi connectivity index (χ4v) is 1.76. The van der Waals surface area contributed by atoms with Crippen LogP contribution < -0.4 is 0 Å². The van der Waals surface area contributed by atoms with Gasteiger partial charge in [-0.1, -0.05) is 24.3 Å². The molecule has 3 nitrogen and oxygen atoms in total. The number of para-hydroxylation sites is 2. The van der Waals surface area contributed by atoms with Crippen LogP contribution in [0.5, 0.6) is 5.75 Å². The number of aromatic nitrogens is 1. The Morgan fingerprint density at radius 3 is 2.72 bits per heavy atom. The van der Waals surface area contributed by atoms with Crippen molar-refractivity contribution in [3.8, 4) is 5.75 Å². The van der Waals surface area contributed by atoms with Gasteiger partial charge in [0.05, 0.1) is 0 Å². The van der Waals surface area contributed by atoms with Crippen LogP contribution in [-0.2, 0) is 0 Å². The van der Waals surface area contributed by atoms with Crippen LogP contribution in [0.3, 0.4) is 0 Å². The van der Waals surface area contributed by atoms with E-state index < -0.39 is 0 Å². The van der Waals surface area contributed by atoms with Crippen LogP contribution in [0, 0.1) is 0 Å². The number of aromatic hydroxyl groups is 1. The summed E-state index contributed by atoms with van der Waals surface area (Å²) in [5.41, 5.74) is 2.51. The van der Waals surface area contributed by atoms with E-state index in [-0.39, 0.29) is 5.75 Å². The van der Waals surface area contributed by atoms with Gasteiger partial charge in [0.15, 0.2) is 5.58 Å². The SMILES string of the molecule is Oc1cccc(/C=C\c2nc3ccccc3o2)c1. The van der Waals surface area contributed by atoms with E-state index in [0.29, 0.717) is 5.89 Å². The van der Waals surface area contributed by atoms with E-state index in [1.807, 2.05) is 36.4 Å². The minimum Gasteiger partial charge on any atom is -0.508 e. The quantitative estimate of drug-likeness (QED) is 0.739. The minimum atomic E-state index is 0.245. The molecular formula is C15H11NO2. The van der Waals surface area contributed by atoms with Crippen LogP contribution in [-0.4, -0.2) is 10.1 Å². The van der Waals surface area contributed by atoms with Gasteiger partial charge < -0.3 is 9.52 Å². The second-order valence-corrected chi connectivity index (χ2v) is 3.95. The van der Waals surface area contributed by atoms with Crippen molar-refractivity contribution in [2.24, 2.45) is 0 Å². The first-order valence-electron chi connectivity index (χ1n) is 5.64. The Balaban J connectivity index is 1.92. The highest BCUT2D eigenvalue weighted by atomic mass is 16.3. The second-order valence-electron chi connectivity index (χ2n) is 3.95. The lowest BCUT2D eigenvalue weighted by atomic mass is 10.2. The van der Waals surface area contributed by atoms with Crippen LogP contribution in [0.25, 0.3) is 23.3 Å². The van der Waals surface area contributed by atoms with E-state index >= 15 is 0 Å². The molecule has 0 saturated heterocycles. The number of rotatable bonds is 2. The average molecular weight is 237 g/mol. The van der Waals surface area contributed by atoms with Crippen LogP contribution in [0.1, 0.15) is 11.5 Å². The number of phenolic OH excluding ortho intramolecular Hbond substituents is 1. The molecule has 3 heteroatoms. The summed E-state index contributed by atoms with van der Waals surface area (Å²) in [6.07, 6.45) is 3.64. The normalized spacial score (nSPS) is 11.3. The monoisotopic (exact) mass is 237 g/mol. The minimum absolute atomic E-state index is 0.245. The molecule has 1 aromatic heterocycles. The smallest absolute Gasteiger partial charge is 0.220 e. The standard InChI is InChI=1S/C15H11NO2/c17-12-5-3-4-11(10-12)8-9-15-16-13-6-1-2-7-14(13)18-15/h1-10,17H/b9-8-. The van der Waals surface area contributed by atoms with Gasteiger partial charge in [0, 0.05) is 6.08 Å². The molecule has 0 saturated carbocycles. The molecule has 0 atom stereocenters. The van der Waals surface area contributed by atoms with Crippen LogP contribution in [0.2, 0.25) is 0 Å². The zero-order chi connectivity index (χ0) is 12.4. The molecule has 0 aliphatic rings. The molecule has 0 spiro atoms. The molecule has 3 aromatic rings. The van der Waals surface area contributed by atoms with E-state index in [4.69, 9.17) is 4.42 Å². The second kappa shape index (κ2) is 4.37. The molecule has 0 bridgehead atoms. The summed E-state index contributed by atoms with van der Waals surface area (Å²) in [7, 11) is 0. The van der Waals surface area contributed by atoms with Gasteiger partial charge in [0.25, 0.3) is 0 Å². The predicted molar refractivity (Wildman–Crippen MR) is 71.0 cm³/mol. The first-order valence-corrected chi connectivity index (χ1v) is 5.64. The maximum absolute atomic E-state index is 9.35. The molecule has 18 heavy (non-hydrogen) atoms. The lowest BCUT2D eigenvalue weighted by Crippen LogP contribution is -1.72. The first kappa shape index (κ1) is 10.6. The zero-order valence-electron chi connectivity index (χ0n) is 9.58. The molecule has 0 unspecified atom stereocenters. The van der Waals surface area contributed by atoms with Crippen molar-refractivity contribution in [2.45, 2.75) is 0 Å². The third kappa shape index (κ3) is 2.11. The Morgan fingerprint density at radius 2 is 1.89 bits per heavy atom. The molecule has 1 heterocycles. The third-order valence-electron chi connectivity index (χ3n) is 2.60. The average Bonchev–Trinajstić information content (AvgIpc) is 2.79. The summed E-state index contributed by atoms with van der Waals surface area (Å²) in [6, 6.07) is 14.6. The molecule has 1 N–H and O–H groups in total. The molecule has 0 amide bonds. The summed E-state index contributed by atoms with van der Waals surface area (Å²) in [5, 5.41) is 9.35. The lowest BCUT2D eigenvalue weighted by molar-refractivity contribution is 0.475. The summed E-state index contributed by atoms with van der Waals surface area (Å²) in [6.45, 7) is 0. The van der Waals surface area contributed by atoms with Gasteiger partial charge >= 0.3 is 0 Å². The topological polar surface area (TPSA) is 46.3 Å². The van der Waals surface area contributed by atoms with Gasteiger partial charge in [-0.2, -0.15) is 0 Å². The molecule has 0 aliphatic heterocycles. The van der Waals surface area contributed by atoms with Crippen molar-refractivity contribution < 1.29 is 9.52 Å². The Bertz CT molecular complexity index is 680. The van der Waals surface area contributed by atoms with Gasteiger partial charge in [0.1, 0.15) is 11.3 Å². The van der Waals surface area contributed by atoms with Gasteiger partial charge in [0.2, 0.25) is 5.89 Å². The van der Waals surface area contributed by atoms with Crippen LogP contribution in [0.15, 0.2) is 52.9 Å². The first-order chi connectivity index (χ1) is 8.81. The van der Waals surface area contributed by atoms with E-state index in [1.54, 1.807) is 24.3 Å². The summed E-state index contributed by atoms with van der Waals surface area (Å²) in [5.74, 6) is 0.800. The van der Waals surface area contributed by atoms with Crippen LogP contribution in [0.4, 0.5) is 0 Å². The Labute approximate surface area is 104 Å². The lowest BCUT2D eigenvalue weighted by Gasteiger charge is -1.93. The highest BCUT2D eigenvalue weighted by molar-refractivity contribution is 5.76. The summed E-state index contributed by atoms with van der Waals surface area (Å²) < 4.78 is 5.56. The fourth-order valence-electron chi connectivity index (χ4n) is 1.76. The Kier molecular flexibility index (Phi) is 2.57. The van der Waals surface area contributed by atoms with Crippen molar-refractivity contribution in [3.05, 3.63) is 60.0 Å². The zero-order valence-corrected chi connectivity index (χ0v) is 9.58. The molecule has 0 fully saturated rings. The highest BCUT2D eigenvalue weighted by Crippen LogP contribution is 2.17. The van der Waals surface area contributed by atoms with E-state index in [9.17, 15) is 5.11 Å². The van der Waals surface area contributed by atoms with Gasteiger partial charge in [-0.05, 0) is 35.9 Å². The molecule has 88 valence electrons. The Hall–Kier alpha value is -2.55. The van der Waals surface area contributed by atoms with Crippen molar-refractivity contribution in [3.63, 3.8) is 0 Å². The van der Waals surface area contributed by atoms with E-state index in [1.165, 1.54) is 0 Å². The number of oxazole rings is 1. The van der Waals surface area contributed by atoms with Gasteiger partial charge in [-0.3, -0.25) is 0 Å². The summed E-state index contributed by atoms with van der Waals surface area (Å²) in [4.78, 5) is 4.33. The number of benzene rings is 2. The van der Waals surface area contributed by atoms with E-state index in [2.05, 4.69) is 4.98 Å². The van der Waals surface area contributed by atoms with Crippen molar-refractivity contribution in [1.82, 2.24) is 4.98 Å².